The lowest BCUT2D eigenvalue weighted by Crippen LogP contribution is -2.37. The van der Waals surface area contributed by atoms with Crippen LogP contribution in [0.4, 0.5) is 5.82 Å². The van der Waals surface area contributed by atoms with Crippen LogP contribution in [-0.4, -0.2) is 64.1 Å². The minimum absolute atomic E-state index is 0.591. The molecule has 0 amide bonds. The van der Waals surface area contributed by atoms with E-state index in [9.17, 15) is 0 Å². The number of aromatic nitrogens is 5. The molecular formula is C19H23N7O. The van der Waals surface area contributed by atoms with Crippen molar-refractivity contribution in [3.05, 3.63) is 36.3 Å². The third kappa shape index (κ3) is 3.38. The zero-order chi connectivity index (χ0) is 18.1. The summed E-state index contributed by atoms with van der Waals surface area (Å²) in [6.45, 7) is 5.20. The summed E-state index contributed by atoms with van der Waals surface area (Å²) in [5.74, 6) is 2.11. The Labute approximate surface area is 157 Å². The summed E-state index contributed by atoms with van der Waals surface area (Å²) in [4.78, 5) is 16.3. The molecule has 2 aliphatic rings. The van der Waals surface area contributed by atoms with Gasteiger partial charge in [-0.3, -0.25) is 4.98 Å². The summed E-state index contributed by atoms with van der Waals surface area (Å²) >= 11 is 0. The van der Waals surface area contributed by atoms with Gasteiger partial charge in [0.25, 0.3) is 5.95 Å². The summed E-state index contributed by atoms with van der Waals surface area (Å²) in [6, 6.07) is 5.96. The standard InChI is InChI=1S/C19H23N7O/c1-2-16-17(21-5-1)18(25-8-10-27-11-9-25)23-19(22-16)26-7-4-15(24-26)12-14-3-6-20-13-14/h1-2,4-5,7,14,20H,3,6,8-13H2. The molecule has 0 aromatic carbocycles. The largest absolute Gasteiger partial charge is 0.378 e. The highest BCUT2D eigenvalue weighted by atomic mass is 16.5. The summed E-state index contributed by atoms with van der Waals surface area (Å²) < 4.78 is 7.27. The fraction of sp³-hybridized carbons (Fsp3) is 0.474. The van der Waals surface area contributed by atoms with Crippen molar-refractivity contribution in [3.8, 4) is 5.95 Å². The SMILES string of the molecule is c1cnc2c(N3CCOCC3)nc(-n3ccc(CC4CCNC4)n3)nc2c1. The quantitative estimate of drug-likeness (QED) is 0.744. The van der Waals surface area contributed by atoms with Gasteiger partial charge in [-0.05, 0) is 50.0 Å². The summed E-state index contributed by atoms with van der Waals surface area (Å²) in [5, 5.41) is 8.15. The van der Waals surface area contributed by atoms with Crippen molar-refractivity contribution in [3.63, 3.8) is 0 Å². The maximum atomic E-state index is 5.49. The monoisotopic (exact) mass is 365 g/mol. The minimum Gasteiger partial charge on any atom is -0.378 e. The van der Waals surface area contributed by atoms with Crippen molar-refractivity contribution in [2.75, 3.05) is 44.3 Å². The summed E-state index contributed by atoms with van der Waals surface area (Å²) in [6.07, 6.45) is 5.95. The third-order valence-electron chi connectivity index (χ3n) is 5.24. The molecule has 2 aliphatic heterocycles. The van der Waals surface area contributed by atoms with E-state index in [2.05, 4.69) is 21.3 Å². The predicted molar refractivity (Wildman–Crippen MR) is 102 cm³/mol. The van der Waals surface area contributed by atoms with E-state index >= 15 is 0 Å². The molecule has 5 rings (SSSR count). The van der Waals surface area contributed by atoms with Crippen molar-refractivity contribution in [2.24, 2.45) is 5.92 Å². The molecule has 140 valence electrons. The molecule has 5 heterocycles. The molecule has 1 unspecified atom stereocenters. The molecule has 8 heteroatoms. The van der Waals surface area contributed by atoms with Gasteiger partial charge in [0.1, 0.15) is 5.52 Å². The van der Waals surface area contributed by atoms with Crippen molar-refractivity contribution in [1.29, 1.82) is 0 Å². The number of anilines is 1. The van der Waals surface area contributed by atoms with E-state index in [1.165, 1.54) is 6.42 Å². The average Bonchev–Trinajstić information content (AvgIpc) is 3.40. The van der Waals surface area contributed by atoms with Crippen LogP contribution in [0.3, 0.4) is 0 Å². The molecule has 2 fully saturated rings. The van der Waals surface area contributed by atoms with E-state index in [1.807, 2.05) is 18.3 Å². The Morgan fingerprint density at radius 2 is 2.11 bits per heavy atom. The highest BCUT2D eigenvalue weighted by molar-refractivity contribution is 5.86. The normalized spacial score (nSPS) is 20.4. The Kier molecular flexibility index (Phi) is 4.43. The lowest BCUT2D eigenvalue weighted by atomic mass is 10.0. The van der Waals surface area contributed by atoms with Gasteiger partial charge in [0, 0.05) is 25.5 Å². The van der Waals surface area contributed by atoms with Crippen LogP contribution in [0.5, 0.6) is 0 Å². The van der Waals surface area contributed by atoms with Crippen LogP contribution in [0.1, 0.15) is 12.1 Å². The van der Waals surface area contributed by atoms with E-state index < -0.39 is 0 Å². The third-order valence-corrected chi connectivity index (χ3v) is 5.24. The summed E-state index contributed by atoms with van der Waals surface area (Å²) in [7, 11) is 0. The second kappa shape index (κ2) is 7.21. The van der Waals surface area contributed by atoms with Gasteiger partial charge in [-0.1, -0.05) is 0 Å². The first-order chi connectivity index (χ1) is 13.4. The van der Waals surface area contributed by atoms with Gasteiger partial charge in [0.2, 0.25) is 0 Å². The zero-order valence-electron chi connectivity index (χ0n) is 15.2. The zero-order valence-corrected chi connectivity index (χ0v) is 15.2. The number of morpholine rings is 1. The lowest BCUT2D eigenvalue weighted by Gasteiger charge is -2.28. The molecule has 2 saturated heterocycles. The van der Waals surface area contributed by atoms with Crippen molar-refractivity contribution in [1.82, 2.24) is 30.0 Å². The van der Waals surface area contributed by atoms with Gasteiger partial charge >= 0.3 is 0 Å². The molecule has 0 saturated carbocycles. The van der Waals surface area contributed by atoms with E-state index in [4.69, 9.17) is 19.8 Å². The number of ether oxygens (including phenoxy) is 1. The molecule has 3 aromatic heterocycles. The van der Waals surface area contributed by atoms with Gasteiger partial charge in [0.15, 0.2) is 5.82 Å². The van der Waals surface area contributed by atoms with E-state index in [1.54, 1.807) is 10.9 Å². The number of pyridine rings is 1. The molecule has 0 aliphatic carbocycles. The number of nitrogens with one attached hydrogen (secondary N) is 1. The van der Waals surface area contributed by atoms with E-state index in [-0.39, 0.29) is 0 Å². The molecular weight excluding hydrogens is 342 g/mol. The lowest BCUT2D eigenvalue weighted by molar-refractivity contribution is 0.122. The molecule has 8 nitrogen and oxygen atoms in total. The van der Waals surface area contributed by atoms with Crippen molar-refractivity contribution < 1.29 is 4.74 Å². The number of fused-ring (bicyclic) bond motifs is 1. The second-order valence-corrected chi connectivity index (χ2v) is 7.13. The molecule has 1 N–H and O–H groups in total. The Hall–Kier alpha value is -2.58. The number of rotatable bonds is 4. The molecule has 0 radical (unpaired) electrons. The first kappa shape index (κ1) is 16.6. The Morgan fingerprint density at radius 1 is 1.19 bits per heavy atom. The Morgan fingerprint density at radius 3 is 2.96 bits per heavy atom. The van der Waals surface area contributed by atoms with Crippen LogP contribution in [0.15, 0.2) is 30.6 Å². The molecule has 0 spiro atoms. The first-order valence-electron chi connectivity index (χ1n) is 9.58. The molecule has 27 heavy (non-hydrogen) atoms. The van der Waals surface area contributed by atoms with E-state index in [0.29, 0.717) is 25.1 Å². The van der Waals surface area contributed by atoms with Crippen LogP contribution in [0.25, 0.3) is 17.0 Å². The first-order valence-corrected chi connectivity index (χ1v) is 9.58. The topological polar surface area (TPSA) is 81.0 Å². The fourth-order valence-electron chi connectivity index (χ4n) is 3.80. The van der Waals surface area contributed by atoms with Gasteiger partial charge in [-0.15, -0.1) is 0 Å². The number of nitrogens with zero attached hydrogens (tertiary/aromatic N) is 6. The van der Waals surface area contributed by atoms with Crippen LogP contribution < -0.4 is 10.2 Å². The van der Waals surface area contributed by atoms with Crippen molar-refractivity contribution >= 4 is 16.9 Å². The van der Waals surface area contributed by atoms with Crippen LogP contribution >= 0.6 is 0 Å². The van der Waals surface area contributed by atoms with Crippen molar-refractivity contribution in [2.45, 2.75) is 12.8 Å². The molecule has 3 aromatic rings. The van der Waals surface area contributed by atoms with Gasteiger partial charge in [-0.2, -0.15) is 10.1 Å². The molecule has 1 atom stereocenters. The Bertz CT molecular complexity index is 929. The van der Waals surface area contributed by atoms with Crippen LogP contribution in [0, 0.1) is 5.92 Å². The maximum Gasteiger partial charge on any atom is 0.253 e. The van der Waals surface area contributed by atoms with Gasteiger partial charge < -0.3 is 15.0 Å². The second-order valence-electron chi connectivity index (χ2n) is 7.13. The highest BCUT2D eigenvalue weighted by Gasteiger charge is 2.20. The molecule has 0 bridgehead atoms. The maximum absolute atomic E-state index is 5.49. The number of hydrogen-bond donors (Lipinski definition) is 1. The van der Waals surface area contributed by atoms with Gasteiger partial charge in [0.05, 0.1) is 24.4 Å². The predicted octanol–water partition coefficient (Wildman–Crippen LogP) is 1.20. The van der Waals surface area contributed by atoms with Crippen LogP contribution in [0.2, 0.25) is 0 Å². The van der Waals surface area contributed by atoms with Gasteiger partial charge in [-0.25, -0.2) is 9.67 Å². The Balaban J connectivity index is 1.50. The fourth-order valence-corrected chi connectivity index (χ4v) is 3.80. The number of hydrogen-bond acceptors (Lipinski definition) is 7. The summed E-state index contributed by atoms with van der Waals surface area (Å²) in [5.41, 5.74) is 2.75. The smallest absolute Gasteiger partial charge is 0.253 e. The average molecular weight is 365 g/mol. The van der Waals surface area contributed by atoms with Crippen LogP contribution in [-0.2, 0) is 11.2 Å². The highest BCUT2D eigenvalue weighted by Crippen LogP contribution is 2.24. The minimum atomic E-state index is 0.591. The van der Waals surface area contributed by atoms with E-state index in [0.717, 1.165) is 55.1 Å².